The summed E-state index contributed by atoms with van der Waals surface area (Å²) in [5.41, 5.74) is 7.51. The summed E-state index contributed by atoms with van der Waals surface area (Å²) in [5.74, 6) is 0.332. The van der Waals surface area contributed by atoms with Gasteiger partial charge < -0.3 is 5.73 Å². The molecule has 7 nitrogen and oxygen atoms in total. The van der Waals surface area contributed by atoms with Crippen LogP contribution in [-0.2, 0) is 22.6 Å². The van der Waals surface area contributed by atoms with Crippen LogP contribution >= 0.6 is 0 Å². The van der Waals surface area contributed by atoms with Crippen molar-refractivity contribution in [2.24, 2.45) is 5.92 Å². The molecule has 7 heteroatoms. The van der Waals surface area contributed by atoms with E-state index in [1.165, 1.54) is 4.90 Å². The van der Waals surface area contributed by atoms with Crippen molar-refractivity contribution in [2.75, 3.05) is 10.6 Å². The molecule has 0 spiro atoms. The lowest BCUT2D eigenvalue weighted by Crippen LogP contribution is -2.27. The van der Waals surface area contributed by atoms with Crippen molar-refractivity contribution in [3.63, 3.8) is 0 Å². The monoisotopic (exact) mass is 364 g/mol. The van der Waals surface area contributed by atoms with Gasteiger partial charge in [-0.15, -0.1) is 0 Å². The van der Waals surface area contributed by atoms with Gasteiger partial charge in [-0.3, -0.25) is 19.3 Å². The summed E-state index contributed by atoms with van der Waals surface area (Å²) in [7, 11) is 0. The van der Waals surface area contributed by atoms with Gasteiger partial charge in [0, 0.05) is 24.3 Å². The van der Waals surface area contributed by atoms with Crippen LogP contribution in [0.5, 0.6) is 0 Å². The number of hydrogen-bond donors (Lipinski definition) is 1. The molecule has 4 rings (SSSR count). The lowest BCUT2D eigenvalue weighted by molar-refractivity contribution is -0.120. The van der Waals surface area contributed by atoms with Crippen molar-refractivity contribution in [3.05, 3.63) is 47.3 Å². The van der Waals surface area contributed by atoms with E-state index in [9.17, 15) is 14.4 Å². The molecule has 1 aliphatic heterocycles. The molecule has 2 N–H and O–H groups in total. The van der Waals surface area contributed by atoms with Crippen molar-refractivity contribution >= 4 is 29.1 Å². The summed E-state index contributed by atoms with van der Waals surface area (Å²) >= 11 is 0. The second-order valence-electron chi connectivity index (χ2n) is 7.04. The van der Waals surface area contributed by atoms with E-state index in [1.807, 2.05) is 30.3 Å². The number of carbonyl (C=O) groups is 3. The molecule has 0 bridgehead atoms. The van der Waals surface area contributed by atoms with E-state index in [2.05, 4.69) is 9.97 Å². The first-order chi connectivity index (χ1) is 13.0. The number of amides is 1. The van der Waals surface area contributed by atoms with Crippen LogP contribution in [0.2, 0.25) is 0 Å². The Bertz CT molecular complexity index is 922. The number of aromatic nitrogens is 2. The normalized spacial score (nSPS) is 15.7. The van der Waals surface area contributed by atoms with E-state index in [4.69, 9.17) is 5.73 Å². The van der Waals surface area contributed by atoms with Crippen LogP contribution in [0.25, 0.3) is 0 Å². The molecule has 1 aliphatic carbocycles. The van der Waals surface area contributed by atoms with Crippen LogP contribution < -0.4 is 10.6 Å². The van der Waals surface area contributed by atoms with Gasteiger partial charge in [0.2, 0.25) is 11.7 Å². The van der Waals surface area contributed by atoms with Gasteiger partial charge in [-0.1, -0.05) is 30.3 Å². The minimum absolute atomic E-state index is 0.0254. The first-order valence-corrected chi connectivity index (χ1v) is 9.09. The third-order valence-corrected chi connectivity index (χ3v) is 4.97. The number of nitrogens with two attached hydrogens (primary N) is 1. The van der Waals surface area contributed by atoms with Crippen LogP contribution in [-0.4, -0.2) is 27.4 Å². The Labute approximate surface area is 156 Å². The quantitative estimate of drug-likeness (QED) is 0.754. The Morgan fingerprint density at radius 1 is 1.11 bits per heavy atom. The average Bonchev–Trinajstić information content (AvgIpc) is 3.47. The van der Waals surface area contributed by atoms with Gasteiger partial charge in [0.25, 0.3) is 0 Å². The Hall–Kier alpha value is -3.09. The van der Waals surface area contributed by atoms with Gasteiger partial charge >= 0.3 is 0 Å². The molecule has 27 heavy (non-hydrogen) atoms. The molecule has 1 aromatic carbocycles. The number of ketones is 2. The maximum Gasteiger partial charge on any atom is 0.233 e. The first kappa shape index (κ1) is 17.3. The Balaban J connectivity index is 1.56. The predicted octanol–water partition coefficient (Wildman–Crippen LogP) is 2.09. The second kappa shape index (κ2) is 6.90. The molecule has 0 radical (unpaired) electrons. The number of nitrogen functional groups attached to an aromatic ring is 1. The van der Waals surface area contributed by atoms with Gasteiger partial charge in [0.1, 0.15) is 17.4 Å². The zero-order valence-electron chi connectivity index (χ0n) is 14.9. The topological polar surface area (TPSA) is 106 Å². The highest BCUT2D eigenvalue weighted by molar-refractivity contribution is 6.03. The van der Waals surface area contributed by atoms with Crippen molar-refractivity contribution in [2.45, 2.75) is 38.6 Å². The van der Waals surface area contributed by atoms with Crippen LogP contribution in [0, 0.1) is 5.92 Å². The van der Waals surface area contributed by atoms with E-state index < -0.39 is 0 Å². The number of carbonyl (C=O) groups excluding carboxylic acids is 3. The summed E-state index contributed by atoms with van der Waals surface area (Å²) in [5, 5.41) is 0. The van der Waals surface area contributed by atoms with Gasteiger partial charge in [0.15, 0.2) is 5.82 Å². The lowest BCUT2D eigenvalue weighted by atomic mass is 10.1. The molecule has 2 heterocycles. The predicted molar refractivity (Wildman–Crippen MR) is 99.1 cm³/mol. The van der Waals surface area contributed by atoms with Crippen molar-refractivity contribution in [1.82, 2.24) is 9.97 Å². The molecule has 1 fully saturated rings. The maximum absolute atomic E-state index is 12.5. The first-order valence-electron chi connectivity index (χ1n) is 9.09. The van der Waals surface area contributed by atoms with Gasteiger partial charge in [-0.25, -0.2) is 9.97 Å². The fourth-order valence-corrected chi connectivity index (χ4v) is 3.26. The molecule has 138 valence electrons. The number of benzene rings is 1. The summed E-state index contributed by atoms with van der Waals surface area (Å²) in [4.78, 5) is 46.7. The summed E-state index contributed by atoms with van der Waals surface area (Å²) < 4.78 is 0. The van der Waals surface area contributed by atoms with Crippen LogP contribution in [0.3, 0.4) is 0 Å². The zero-order valence-corrected chi connectivity index (χ0v) is 14.9. The molecule has 1 saturated carbocycles. The Morgan fingerprint density at radius 3 is 2.56 bits per heavy atom. The van der Waals surface area contributed by atoms with E-state index in [-0.39, 0.29) is 54.3 Å². The van der Waals surface area contributed by atoms with E-state index >= 15 is 0 Å². The number of rotatable bonds is 7. The van der Waals surface area contributed by atoms with E-state index in [1.54, 1.807) is 0 Å². The van der Waals surface area contributed by atoms with Crippen LogP contribution in [0.1, 0.15) is 47.4 Å². The maximum atomic E-state index is 12.5. The molecular formula is C20H20N4O3. The SMILES string of the molecule is Nc1nc(C(=O)CCC(=O)C2CC2)nc2c1CC(=O)N2Cc1ccccc1. The Morgan fingerprint density at radius 2 is 1.85 bits per heavy atom. The third-order valence-electron chi connectivity index (χ3n) is 4.97. The summed E-state index contributed by atoms with van der Waals surface area (Å²) in [6.45, 7) is 0.358. The van der Waals surface area contributed by atoms with Gasteiger partial charge in [-0.05, 0) is 18.4 Å². The average molecular weight is 364 g/mol. The van der Waals surface area contributed by atoms with E-state index in [0.717, 1.165) is 18.4 Å². The molecule has 0 unspecified atom stereocenters. The number of fused-ring (bicyclic) bond motifs is 1. The molecule has 1 aromatic heterocycles. The number of anilines is 2. The molecule has 2 aliphatic rings. The van der Waals surface area contributed by atoms with Crippen molar-refractivity contribution in [3.8, 4) is 0 Å². The fraction of sp³-hybridized carbons (Fsp3) is 0.350. The highest BCUT2D eigenvalue weighted by Gasteiger charge is 2.33. The highest BCUT2D eigenvalue weighted by atomic mass is 16.2. The van der Waals surface area contributed by atoms with Gasteiger partial charge in [-0.2, -0.15) is 0 Å². The van der Waals surface area contributed by atoms with E-state index in [0.29, 0.717) is 17.9 Å². The number of nitrogens with zero attached hydrogens (tertiary/aromatic N) is 3. The second-order valence-corrected chi connectivity index (χ2v) is 7.04. The highest BCUT2D eigenvalue weighted by Crippen LogP contribution is 2.33. The summed E-state index contributed by atoms with van der Waals surface area (Å²) in [6, 6.07) is 9.55. The smallest absolute Gasteiger partial charge is 0.233 e. The van der Waals surface area contributed by atoms with Crippen molar-refractivity contribution in [1.29, 1.82) is 0 Å². The molecular weight excluding hydrogens is 344 g/mol. The molecule has 2 aromatic rings. The minimum Gasteiger partial charge on any atom is -0.383 e. The standard InChI is InChI=1S/C20H20N4O3/c21-18-14-10-17(27)24(11-12-4-2-1-3-5-12)20(14)23-19(22-18)16(26)9-8-15(25)13-6-7-13/h1-5,13H,6-11H2,(H2,21,22,23). The lowest BCUT2D eigenvalue weighted by Gasteiger charge is -2.17. The molecule has 0 saturated heterocycles. The number of hydrogen-bond acceptors (Lipinski definition) is 6. The third kappa shape index (κ3) is 3.58. The Kier molecular flexibility index (Phi) is 4.43. The zero-order chi connectivity index (χ0) is 19.0. The van der Waals surface area contributed by atoms with Crippen LogP contribution in [0.15, 0.2) is 30.3 Å². The largest absolute Gasteiger partial charge is 0.383 e. The fourth-order valence-electron chi connectivity index (χ4n) is 3.26. The minimum atomic E-state index is -0.322. The summed E-state index contributed by atoms with van der Waals surface area (Å²) in [6.07, 6.45) is 2.25. The molecule has 0 atom stereocenters. The molecule has 1 amide bonds. The van der Waals surface area contributed by atoms with Gasteiger partial charge in [0.05, 0.1) is 13.0 Å². The van der Waals surface area contributed by atoms with Crippen molar-refractivity contribution < 1.29 is 14.4 Å². The van der Waals surface area contributed by atoms with Crippen LogP contribution in [0.4, 0.5) is 11.6 Å². The number of Topliss-reactive ketones (excluding diaryl/α,β-unsaturated/α-hetero) is 2.